The van der Waals surface area contributed by atoms with E-state index in [1.807, 2.05) is 0 Å². The highest BCUT2D eigenvalue weighted by Crippen LogP contribution is 2.38. The molecule has 1 aromatic rings. The van der Waals surface area contributed by atoms with Gasteiger partial charge in [0, 0.05) is 12.1 Å². The van der Waals surface area contributed by atoms with Crippen LogP contribution in [0.3, 0.4) is 0 Å². The molecule has 1 heterocycles. The van der Waals surface area contributed by atoms with Crippen LogP contribution in [-0.2, 0) is 4.79 Å². The van der Waals surface area contributed by atoms with Gasteiger partial charge in [-0.2, -0.15) is 0 Å². The summed E-state index contributed by atoms with van der Waals surface area (Å²) in [5.74, 6) is -0.528. The number of nitro groups is 1. The summed E-state index contributed by atoms with van der Waals surface area (Å²) >= 11 is 6.58. The normalized spacial score (nSPS) is 20.8. The minimum Gasteiger partial charge on any atom is -0.502 e. The predicted molar refractivity (Wildman–Crippen MR) is 96.6 cm³/mol. The van der Waals surface area contributed by atoms with Gasteiger partial charge in [0.05, 0.1) is 9.83 Å². The number of thiocarbonyl (C=S) groups is 1. The third kappa shape index (κ3) is 3.29. The molecule has 1 N–H and O–H groups in total. The molecule has 0 bridgehead atoms. The smallest absolute Gasteiger partial charge is 0.311 e. The molecule has 24 heavy (non-hydrogen) atoms. The second-order valence-corrected chi connectivity index (χ2v) is 7.52. The van der Waals surface area contributed by atoms with Crippen LogP contribution in [0, 0.1) is 10.1 Å². The Morgan fingerprint density at radius 3 is 2.71 bits per heavy atom. The van der Waals surface area contributed by atoms with Crippen LogP contribution in [0.25, 0.3) is 6.08 Å². The standard InChI is InChI=1S/C16H16N2O4S2/c19-13-7-6-10(8-12(13)18(21)22)9-14-15(20)17(16(23)24-14)11-4-2-1-3-5-11/h6-9,11,19H,1-5H2/b14-9+. The predicted octanol–water partition coefficient (Wildman–Crippen LogP) is 3.83. The molecule has 1 aliphatic carbocycles. The van der Waals surface area contributed by atoms with E-state index in [0.717, 1.165) is 25.7 Å². The molecular formula is C16H16N2O4S2. The quantitative estimate of drug-likeness (QED) is 0.380. The molecule has 6 nitrogen and oxygen atoms in total. The third-order valence-corrected chi connectivity index (χ3v) is 5.59. The molecule has 3 rings (SSSR count). The lowest BCUT2D eigenvalue weighted by molar-refractivity contribution is -0.385. The van der Waals surface area contributed by atoms with Crippen LogP contribution in [0.5, 0.6) is 5.75 Å². The molecule has 126 valence electrons. The number of nitrogens with zero attached hydrogens (tertiary/aromatic N) is 2. The maximum Gasteiger partial charge on any atom is 0.311 e. The van der Waals surface area contributed by atoms with Crippen LogP contribution >= 0.6 is 24.0 Å². The highest BCUT2D eigenvalue weighted by Gasteiger charge is 2.37. The lowest BCUT2D eigenvalue weighted by Gasteiger charge is -2.29. The van der Waals surface area contributed by atoms with Crippen LogP contribution in [0.2, 0.25) is 0 Å². The number of carbonyl (C=O) groups excluding carboxylic acids is 1. The monoisotopic (exact) mass is 364 g/mol. The number of hydrogen-bond acceptors (Lipinski definition) is 6. The zero-order valence-electron chi connectivity index (χ0n) is 12.8. The Balaban J connectivity index is 1.86. The molecule has 0 unspecified atom stereocenters. The van der Waals surface area contributed by atoms with Crippen molar-refractivity contribution in [2.75, 3.05) is 0 Å². The van der Waals surface area contributed by atoms with E-state index >= 15 is 0 Å². The second kappa shape index (κ2) is 6.90. The molecule has 1 amide bonds. The number of nitro benzene ring substituents is 1. The summed E-state index contributed by atoms with van der Waals surface area (Å²) < 4.78 is 0.548. The van der Waals surface area contributed by atoms with Crippen molar-refractivity contribution in [3.63, 3.8) is 0 Å². The first-order valence-corrected chi connectivity index (χ1v) is 8.94. The molecule has 0 atom stereocenters. The Morgan fingerprint density at radius 1 is 1.33 bits per heavy atom. The van der Waals surface area contributed by atoms with Gasteiger partial charge in [-0.05, 0) is 30.5 Å². The van der Waals surface area contributed by atoms with Crippen molar-refractivity contribution in [1.29, 1.82) is 0 Å². The Kier molecular flexibility index (Phi) is 4.86. The maximum absolute atomic E-state index is 12.7. The number of carbonyl (C=O) groups is 1. The van der Waals surface area contributed by atoms with E-state index in [9.17, 15) is 20.0 Å². The number of thioether (sulfide) groups is 1. The van der Waals surface area contributed by atoms with Crippen LogP contribution in [0.4, 0.5) is 5.69 Å². The number of amides is 1. The summed E-state index contributed by atoms with van der Waals surface area (Å²) in [6.07, 6.45) is 6.91. The molecule has 0 spiro atoms. The van der Waals surface area contributed by atoms with E-state index in [2.05, 4.69) is 0 Å². The fourth-order valence-electron chi connectivity index (χ4n) is 3.06. The van der Waals surface area contributed by atoms with Crippen molar-refractivity contribution in [3.05, 3.63) is 38.8 Å². The fourth-order valence-corrected chi connectivity index (χ4v) is 4.46. The lowest BCUT2D eigenvalue weighted by Crippen LogP contribution is -2.39. The molecule has 1 saturated heterocycles. The van der Waals surface area contributed by atoms with Crippen LogP contribution < -0.4 is 0 Å². The summed E-state index contributed by atoms with van der Waals surface area (Å²) in [7, 11) is 0. The fraction of sp³-hybridized carbons (Fsp3) is 0.375. The van der Waals surface area contributed by atoms with Gasteiger partial charge in [0.2, 0.25) is 0 Å². The minimum atomic E-state index is -0.653. The highest BCUT2D eigenvalue weighted by atomic mass is 32.2. The third-order valence-electron chi connectivity index (χ3n) is 4.26. The Hall–Kier alpha value is -1.93. The molecule has 2 fully saturated rings. The van der Waals surface area contributed by atoms with Gasteiger partial charge in [-0.1, -0.05) is 49.3 Å². The molecule has 2 aliphatic rings. The summed E-state index contributed by atoms with van der Waals surface area (Å²) in [6.45, 7) is 0. The number of aromatic hydroxyl groups is 1. The Labute approximate surface area is 148 Å². The van der Waals surface area contributed by atoms with Gasteiger partial charge in [0.1, 0.15) is 4.32 Å². The van der Waals surface area contributed by atoms with Crippen molar-refractivity contribution in [2.45, 2.75) is 38.1 Å². The maximum atomic E-state index is 12.7. The van der Waals surface area contributed by atoms with Gasteiger partial charge in [0.25, 0.3) is 5.91 Å². The Morgan fingerprint density at radius 2 is 2.04 bits per heavy atom. The van der Waals surface area contributed by atoms with Crippen LogP contribution in [0.15, 0.2) is 23.1 Å². The van der Waals surface area contributed by atoms with E-state index in [4.69, 9.17) is 12.2 Å². The number of phenols is 1. The summed E-state index contributed by atoms with van der Waals surface area (Å²) in [5, 5.41) is 20.4. The van der Waals surface area contributed by atoms with Gasteiger partial charge in [-0.3, -0.25) is 19.8 Å². The first-order valence-electron chi connectivity index (χ1n) is 7.72. The average molecular weight is 364 g/mol. The van der Waals surface area contributed by atoms with Gasteiger partial charge >= 0.3 is 5.69 Å². The SMILES string of the molecule is O=C1/C(=C\c2ccc(O)c([N+](=O)[O-])c2)SC(=S)N1C1CCCCC1. The zero-order chi connectivity index (χ0) is 17.3. The largest absolute Gasteiger partial charge is 0.502 e. The van der Waals surface area contributed by atoms with Crippen molar-refractivity contribution in [3.8, 4) is 5.75 Å². The molecule has 1 saturated carbocycles. The average Bonchev–Trinajstić information content (AvgIpc) is 2.83. The molecular weight excluding hydrogens is 348 g/mol. The lowest BCUT2D eigenvalue weighted by atomic mass is 9.94. The minimum absolute atomic E-state index is 0.132. The summed E-state index contributed by atoms with van der Waals surface area (Å²) in [4.78, 5) is 25.1. The summed E-state index contributed by atoms with van der Waals surface area (Å²) in [5.41, 5.74) is 0.107. The van der Waals surface area contributed by atoms with Gasteiger partial charge in [-0.25, -0.2) is 0 Å². The Bertz CT molecular complexity index is 742. The van der Waals surface area contributed by atoms with Gasteiger partial charge in [0.15, 0.2) is 5.75 Å². The number of rotatable bonds is 3. The first kappa shape index (κ1) is 16.9. The topological polar surface area (TPSA) is 83.7 Å². The first-order chi connectivity index (χ1) is 11.5. The van der Waals surface area contributed by atoms with Crippen molar-refractivity contribution in [1.82, 2.24) is 4.90 Å². The second-order valence-electron chi connectivity index (χ2n) is 5.85. The molecule has 0 aromatic heterocycles. The number of phenolic OH excluding ortho intramolecular Hbond substituents is 1. The number of benzene rings is 1. The van der Waals surface area contributed by atoms with E-state index in [-0.39, 0.29) is 17.6 Å². The highest BCUT2D eigenvalue weighted by molar-refractivity contribution is 8.26. The molecule has 1 aliphatic heterocycles. The molecule has 8 heteroatoms. The van der Waals surface area contributed by atoms with E-state index < -0.39 is 10.7 Å². The van der Waals surface area contributed by atoms with Gasteiger partial charge in [-0.15, -0.1) is 0 Å². The van der Waals surface area contributed by atoms with E-state index in [1.165, 1.54) is 36.4 Å². The van der Waals surface area contributed by atoms with E-state index in [0.29, 0.717) is 14.8 Å². The van der Waals surface area contributed by atoms with E-state index in [1.54, 1.807) is 11.0 Å². The van der Waals surface area contributed by atoms with Crippen molar-refractivity contribution >= 4 is 46.0 Å². The molecule has 1 aromatic carbocycles. The molecule has 0 radical (unpaired) electrons. The summed E-state index contributed by atoms with van der Waals surface area (Å²) in [6, 6.07) is 4.20. The van der Waals surface area contributed by atoms with Crippen LogP contribution in [0.1, 0.15) is 37.7 Å². The zero-order valence-corrected chi connectivity index (χ0v) is 14.4. The van der Waals surface area contributed by atoms with Crippen molar-refractivity contribution < 1.29 is 14.8 Å². The van der Waals surface area contributed by atoms with Crippen molar-refractivity contribution in [2.24, 2.45) is 0 Å². The number of hydrogen-bond donors (Lipinski definition) is 1. The van der Waals surface area contributed by atoms with Crippen LogP contribution in [-0.4, -0.2) is 31.2 Å². The van der Waals surface area contributed by atoms with Gasteiger partial charge < -0.3 is 5.11 Å².